The van der Waals surface area contributed by atoms with Gasteiger partial charge in [-0.25, -0.2) is 9.37 Å². The van der Waals surface area contributed by atoms with Crippen molar-refractivity contribution in [3.8, 4) is 0 Å². The van der Waals surface area contributed by atoms with Crippen LogP contribution in [0.4, 0.5) is 4.39 Å². The molecule has 3 rings (SSSR count). The fourth-order valence-electron chi connectivity index (χ4n) is 4.64. The zero-order chi connectivity index (χ0) is 24.7. The predicted octanol–water partition coefficient (Wildman–Crippen LogP) is 7.85. The first-order chi connectivity index (χ1) is 17.2. The molecule has 1 N–H and O–H groups in total. The van der Waals surface area contributed by atoms with E-state index in [-0.39, 0.29) is 11.7 Å². The molecule has 4 nitrogen and oxygen atoms in total. The molecule has 0 atom stereocenters. The number of carbonyl (C=O) groups excluding carboxylic acids is 1. The Hall–Kier alpha value is -2.69. The smallest absolute Gasteiger partial charge is 0.251 e. The quantitative estimate of drug-likeness (QED) is 0.200. The third-order valence-electron chi connectivity index (χ3n) is 6.69. The SMILES string of the molecule is CCCCCCCCCCCn1c(CCCCCNC(=O)c2ccc(F)cc2)nc2ccccc21. The molecule has 0 saturated heterocycles. The highest BCUT2D eigenvalue weighted by atomic mass is 19.1. The molecule has 0 spiro atoms. The van der Waals surface area contributed by atoms with Crippen molar-refractivity contribution in [1.82, 2.24) is 14.9 Å². The third kappa shape index (κ3) is 9.12. The minimum Gasteiger partial charge on any atom is -0.352 e. The Bertz CT molecular complexity index is 1010. The summed E-state index contributed by atoms with van der Waals surface area (Å²) in [6, 6.07) is 14.1. The van der Waals surface area contributed by atoms with Gasteiger partial charge in [-0.1, -0.05) is 76.8 Å². The van der Waals surface area contributed by atoms with Gasteiger partial charge < -0.3 is 9.88 Å². The van der Waals surface area contributed by atoms with Crippen molar-refractivity contribution in [3.05, 3.63) is 65.7 Å². The van der Waals surface area contributed by atoms with Gasteiger partial charge in [0.1, 0.15) is 11.6 Å². The van der Waals surface area contributed by atoms with Crippen LogP contribution < -0.4 is 5.32 Å². The molecule has 1 heterocycles. The van der Waals surface area contributed by atoms with E-state index in [1.807, 2.05) is 0 Å². The van der Waals surface area contributed by atoms with E-state index in [0.717, 1.165) is 37.7 Å². The number of aryl methyl sites for hydroxylation is 2. The van der Waals surface area contributed by atoms with Crippen LogP contribution in [0.3, 0.4) is 0 Å². The van der Waals surface area contributed by atoms with Gasteiger partial charge in [-0.3, -0.25) is 4.79 Å². The summed E-state index contributed by atoms with van der Waals surface area (Å²) < 4.78 is 15.4. The van der Waals surface area contributed by atoms with Crippen LogP contribution >= 0.6 is 0 Å². The largest absolute Gasteiger partial charge is 0.352 e. The van der Waals surface area contributed by atoms with Crippen molar-refractivity contribution >= 4 is 16.9 Å². The van der Waals surface area contributed by atoms with Crippen LogP contribution in [0, 0.1) is 5.82 Å². The molecule has 0 bridgehead atoms. The van der Waals surface area contributed by atoms with Gasteiger partial charge in [0.15, 0.2) is 0 Å². The topological polar surface area (TPSA) is 46.9 Å². The first-order valence-electron chi connectivity index (χ1n) is 13.7. The Kier molecular flexibility index (Phi) is 11.8. The summed E-state index contributed by atoms with van der Waals surface area (Å²) in [5.74, 6) is 0.708. The van der Waals surface area contributed by atoms with Crippen molar-refractivity contribution in [2.75, 3.05) is 6.54 Å². The molecule has 0 saturated carbocycles. The van der Waals surface area contributed by atoms with Gasteiger partial charge in [0, 0.05) is 25.1 Å². The van der Waals surface area contributed by atoms with Crippen molar-refractivity contribution in [1.29, 1.82) is 0 Å². The second-order valence-electron chi connectivity index (χ2n) is 9.57. The fraction of sp³-hybridized carbons (Fsp3) is 0.533. The van der Waals surface area contributed by atoms with E-state index in [4.69, 9.17) is 4.98 Å². The van der Waals surface area contributed by atoms with Gasteiger partial charge in [-0.05, 0) is 55.7 Å². The summed E-state index contributed by atoms with van der Waals surface area (Å²) in [6.07, 6.45) is 16.0. The average molecular weight is 480 g/mol. The molecule has 0 aliphatic rings. The van der Waals surface area contributed by atoms with Crippen LogP contribution in [0.25, 0.3) is 11.0 Å². The lowest BCUT2D eigenvalue weighted by Gasteiger charge is -2.10. The van der Waals surface area contributed by atoms with Crippen LogP contribution in [-0.4, -0.2) is 22.0 Å². The van der Waals surface area contributed by atoms with Gasteiger partial charge in [0.2, 0.25) is 0 Å². The van der Waals surface area contributed by atoms with Crippen molar-refractivity contribution in [3.63, 3.8) is 0 Å². The van der Waals surface area contributed by atoms with E-state index in [1.54, 1.807) is 0 Å². The molecule has 1 amide bonds. The van der Waals surface area contributed by atoms with E-state index >= 15 is 0 Å². The zero-order valence-electron chi connectivity index (χ0n) is 21.4. The monoisotopic (exact) mass is 479 g/mol. The standard InChI is InChI=1S/C30H42FN3O/c1-2-3-4-5-6-7-8-9-15-24-34-28-17-13-12-16-27(28)33-29(34)18-11-10-14-23-32-30(35)25-19-21-26(31)22-20-25/h12-13,16-17,19-22H,2-11,14-15,18,23-24H2,1H3,(H,32,35). The minimum atomic E-state index is -0.328. The van der Waals surface area contributed by atoms with Crippen molar-refractivity contribution < 1.29 is 9.18 Å². The highest BCUT2D eigenvalue weighted by molar-refractivity contribution is 5.94. The predicted molar refractivity (Wildman–Crippen MR) is 143 cm³/mol. The number of para-hydroxylation sites is 2. The van der Waals surface area contributed by atoms with Gasteiger partial charge in [0.05, 0.1) is 11.0 Å². The number of carbonyl (C=O) groups is 1. The second-order valence-corrected chi connectivity index (χ2v) is 9.57. The summed E-state index contributed by atoms with van der Waals surface area (Å²) in [6.45, 7) is 3.94. The lowest BCUT2D eigenvalue weighted by molar-refractivity contribution is 0.0953. The maximum absolute atomic E-state index is 13.0. The molecule has 0 radical (unpaired) electrons. The Morgan fingerprint density at radius 2 is 1.49 bits per heavy atom. The number of hydrogen-bond acceptors (Lipinski definition) is 2. The average Bonchev–Trinajstić information content (AvgIpc) is 3.22. The molecule has 0 unspecified atom stereocenters. The third-order valence-corrected chi connectivity index (χ3v) is 6.69. The Balaban J connectivity index is 1.37. The van der Waals surface area contributed by atoms with E-state index in [9.17, 15) is 9.18 Å². The molecule has 190 valence electrons. The van der Waals surface area contributed by atoms with Crippen LogP contribution in [0.5, 0.6) is 0 Å². The number of nitrogens with zero attached hydrogens (tertiary/aromatic N) is 2. The normalized spacial score (nSPS) is 11.3. The highest BCUT2D eigenvalue weighted by Gasteiger charge is 2.10. The van der Waals surface area contributed by atoms with E-state index in [1.165, 1.54) is 93.4 Å². The van der Waals surface area contributed by atoms with Crippen LogP contribution in [0.1, 0.15) is 100 Å². The number of fused-ring (bicyclic) bond motifs is 1. The highest BCUT2D eigenvalue weighted by Crippen LogP contribution is 2.19. The van der Waals surface area contributed by atoms with Crippen molar-refractivity contribution in [2.24, 2.45) is 0 Å². The summed E-state index contributed by atoms with van der Waals surface area (Å²) in [5.41, 5.74) is 2.83. The molecule has 5 heteroatoms. The number of amides is 1. The van der Waals surface area contributed by atoms with Gasteiger partial charge in [0.25, 0.3) is 5.91 Å². The molecule has 0 aliphatic heterocycles. The van der Waals surface area contributed by atoms with Gasteiger partial charge in [-0.2, -0.15) is 0 Å². The molecule has 35 heavy (non-hydrogen) atoms. The second kappa shape index (κ2) is 15.3. The van der Waals surface area contributed by atoms with E-state index < -0.39 is 0 Å². The molecule has 3 aromatic rings. The van der Waals surface area contributed by atoms with Crippen LogP contribution in [-0.2, 0) is 13.0 Å². The molecule has 0 aliphatic carbocycles. The summed E-state index contributed by atoms with van der Waals surface area (Å²) in [7, 11) is 0. The molecule has 0 fully saturated rings. The van der Waals surface area contributed by atoms with E-state index in [2.05, 4.69) is 41.1 Å². The number of halogens is 1. The number of nitrogens with one attached hydrogen (secondary N) is 1. The minimum absolute atomic E-state index is 0.146. The van der Waals surface area contributed by atoms with Gasteiger partial charge in [-0.15, -0.1) is 0 Å². The maximum Gasteiger partial charge on any atom is 0.251 e. The number of hydrogen-bond donors (Lipinski definition) is 1. The first-order valence-corrected chi connectivity index (χ1v) is 13.7. The Morgan fingerprint density at radius 1 is 0.829 bits per heavy atom. The molecular weight excluding hydrogens is 437 g/mol. The summed E-state index contributed by atoms with van der Waals surface area (Å²) in [4.78, 5) is 17.1. The first kappa shape index (κ1) is 26.9. The lowest BCUT2D eigenvalue weighted by atomic mass is 10.1. The zero-order valence-corrected chi connectivity index (χ0v) is 21.4. The summed E-state index contributed by atoms with van der Waals surface area (Å²) in [5, 5.41) is 2.93. The number of unbranched alkanes of at least 4 members (excludes halogenated alkanes) is 10. The number of rotatable bonds is 17. The maximum atomic E-state index is 13.0. The lowest BCUT2D eigenvalue weighted by Crippen LogP contribution is -2.24. The number of imidazole rings is 1. The van der Waals surface area contributed by atoms with E-state index in [0.29, 0.717) is 12.1 Å². The fourth-order valence-corrected chi connectivity index (χ4v) is 4.64. The van der Waals surface area contributed by atoms with Crippen LogP contribution in [0.15, 0.2) is 48.5 Å². The number of benzene rings is 2. The summed E-state index contributed by atoms with van der Waals surface area (Å²) >= 11 is 0. The Morgan fingerprint density at radius 3 is 2.23 bits per heavy atom. The molecule has 1 aromatic heterocycles. The molecule has 2 aromatic carbocycles. The van der Waals surface area contributed by atoms with Gasteiger partial charge >= 0.3 is 0 Å². The number of aromatic nitrogens is 2. The van der Waals surface area contributed by atoms with Crippen molar-refractivity contribution in [2.45, 2.75) is 96.9 Å². The van der Waals surface area contributed by atoms with Crippen LogP contribution in [0.2, 0.25) is 0 Å². The molecular formula is C30H42FN3O. The Labute approximate surface area is 210 Å².